The molecule has 2 aromatic carbocycles. The zero-order valence-electron chi connectivity index (χ0n) is 20.0. The number of ether oxygens (including phenoxy) is 3. The van der Waals surface area contributed by atoms with Gasteiger partial charge in [-0.05, 0) is 55.7 Å². The highest BCUT2D eigenvalue weighted by Gasteiger charge is 2.35. The lowest BCUT2D eigenvalue weighted by atomic mass is 9.93. The quantitative estimate of drug-likeness (QED) is 0.285. The minimum absolute atomic E-state index is 0.0220. The zero-order chi connectivity index (χ0) is 25.4. The molecule has 35 heavy (non-hydrogen) atoms. The van der Waals surface area contributed by atoms with Gasteiger partial charge in [0.1, 0.15) is 24.1 Å². The minimum Gasteiger partial charge on any atom is -0.493 e. The predicted octanol–water partition coefficient (Wildman–Crippen LogP) is 4.43. The van der Waals surface area contributed by atoms with Gasteiger partial charge in [0.15, 0.2) is 11.5 Å². The maximum absolute atomic E-state index is 13.9. The molecule has 8 heteroatoms. The van der Waals surface area contributed by atoms with E-state index in [1.807, 2.05) is 13.0 Å². The van der Waals surface area contributed by atoms with Crippen molar-refractivity contribution in [1.29, 1.82) is 5.26 Å². The molecule has 2 aromatic rings. The molecule has 0 saturated heterocycles. The van der Waals surface area contributed by atoms with Crippen LogP contribution < -0.4 is 9.47 Å². The van der Waals surface area contributed by atoms with Crippen LogP contribution in [0.25, 0.3) is 6.08 Å². The zero-order valence-corrected chi connectivity index (χ0v) is 20.0. The van der Waals surface area contributed by atoms with Gasteiger partial charge < -0.3 is 14.2 Å². The van der Waals surface area contributed by atoms with Crippen LogP contribution in [0.4, 0.5) is 4.39 Å². The van der Waals surface area contributed by atoms with Crippen LogP contribution >= 0.6 is 0 Å². The number of nitrogens with zero attached hydrogens (tertiary/aromatic N) is 2. The maximum Gasteiger partial charge on any atom is 0.271 e. The van der Waals surface area contributed by atoms with Crippen molar-refractivity contribution in [3.05, 3.63) is 76.1 Å². The summed E-state index contributed by atoms with van der Waals surface area (Å²) in [5.41, 5.74) is 1.53. The molecule has 7 nitrogen and oxygen atoms in total. The third kappa shape index (κ3) is 5.94. The molecule has 1 aliphatic heterocycles. The number of amides is 2. The molecule has 1 heterocycles. The summed E-state index contributed by atoms with van der Waals surface area (Å²) in [4.78, 5) is 26.9. The van der Waals surface area contributed by atoms with Gasteiger partial charge in [0.2, 0.25) is 0 Å². The number of benzene rings is 2. The number of hydrogen-bond acceptors (Lipinski definition) is 6. The molecule has 0 radical (unpaired) electrons. The van der Waals surface area contributed by atoms with E-state index in [2.05, 4.69) is 0 Å². The molecular weight excluding hydrogens is 451 g/mol. The van der Waals surface area contributed by atoms with Gasteiger partial charge in [-0.2, -0.15) is 5.26 Å². The Morgan fingerprint density at radius 1 is 1.11 bits per heavy atom. The van der Waals surface area contributed by atoms with Crippen molar-refractivity contribution in [2.45, 2.75) is 26.9 Å². The second-order valence-corrected chi connectivity index (χ2v) is 7.77. The number of methoxy groups -OCH3 is 1. The number of carbonyl (C=O) groups excluding carboxylic acids is 2. The standard InChI is InChI=1S/C27H27FN2O5/c1-4-34-13-7-12-30-26(31)21(18(2)22(16-29)27(30)32)14-19-10-11-24(25(15-19)33-3)35-17-20-8-5-6-9-23(20)28/h5-6,8-11,14-15H,4,7,12-13,17H2,1-3H3/b21-14+. The highest BCUT2D eigenvalue weighted by molar-refractivity contribution is 6.19. The second-order valence-electron chi connectivity index (χ2n) is 7.77. The predicted molar refractivity (Wildman–Crippen MR) is 128 cm³/mol. The van der Waals surface area contributed by atoms with Crippen LogP contribution in [0.2, 0.25) is 0 Å². The molecule has 2 amide bonds. The molecule has 0 saturated carbocycles. The monoisotopic (exact) mass is 478 g/mol. The maximum atomic E-state index is 13.9. The Labute approximate surface area is 204 Å². The lowest BCUT2D eigenvalue weighted by Crippen LogP contribution is -2.43. The van der Waals surface area contributed by atoms with E-state index >= 15 is 0 Å². The van der Waals surface area contributed by atoms with Crippen LogP contribution in [0, 0.1) is 17.1 Å². The largest absolute Gasteiger partial charge is 0.493 e. The Kier molecular flexibility index (Phi) is 8.76. The summed E-state index contributed by atoms with van der Waals surface area (Å²) in [6.07, 6.45) is 2.08. The van der Waals surface area contributed by atoms with Gasteiger partial charge in [0.05, 0.1) is 7.11 Å². The first kappa shape index (κ1) is 25.7. The fourth-order valence-electron chi connectivity index (χ4n) is 3.63. The van der Waals surface area contributed by atoms with Gasteiger partial charge in [-0.15, -0.1) is 0 Å². The van der Waals surface area contributed by atoms with Gasteiger partial charge >= 0.3 is 0 Å². The average Bonchev–Trinajstić information content (AvgIpc) is 2.86. The summed E-state index contributed by atoms with van der Waals surface area (Å²) in [5.74, 6) is -0.629. The Hall–Kier alpha value is -3.96. The molecule has 0 N–H and O–H groups in total. The Balaban J connectivity index is 1.87. The molecule has 0 unspecified atom stereocenters. The van der Waals surface area contributed by atoms with Crippen LogP contribution in [-0.4, -0.2) is 43.6 Å². The Morgan fingerprint density at radius 3 is 2.57 bits per heavy atom. The van der Waals surface area contributed by atoms with E-state index < -0.39 is 11.8 Å². The number of carbonyl (C=O) groups is 2. The van der Waals surface area contributed by atoms with E-state index in [0.29, 0.717) is 47.8 Å². The molecule has 1 aliphatic rings. The molecule has 0 aromatic heterocycles. The SMILES string of the molecule is CCOCCCN1C(=O)C(C#N)=C(C)/C(=C\c2ccc(OCc3ccccc3F)c(OC)c2)C1=O. The number of halogens is 1. The van der Waals surface area contributed by atoms with Crippen molar-refractivity contribution in [2.75, 3.05) is 26.9 Å². The normalized spacial score (nSPS) is 14.9. The third-order valence-electron chi connectivity index (χ3n) is 5.54. The van der Waals surface area contributed by atoms with Crippen molar-refractivity contribution in [2.24, 2.45) is 0 Å². The summed E-state index contributed by atoms with van der Waals surface area (Å²) >= 11 is 0. The van der Waals surface area contributed by atoms with E-state index in [1.165, 1.54) is 13.2 Å². The van der Waals surface area contributed by atoms with Crippen LogP contribution in [0.1, 0.15) is 31.4 Å². The first-order chi connectivity index (χ1) is 16.9. The average molecular weight is 479 g/mol. The molecule has 0 aliphatic carbocycles. The molecule has 0 bridgehead atoms. The van der Waals surface area contributed by atoms with Crippen LogP contribution in [0.15, 0.2) is 59.2 Å². The van der Waals surface area contributed by atoms with E-state index in [4.69, 9.17) is 14.2 Å². The van der Waals surface area contributed by atoms with E-state index in [0.717, 1.165) is 4.90 Å². The van der Waals surface area contributed by atoms with Gasteiger partial charge in [-0.1, -0.05) is 24.3 Å². The van der Waals surface area contributed by atoms with E-state index in [1.54, 1.807) is 49.4 Å². The Bertz CT molecular complexity index is 1210. The van der Waals surface area contributed by atoms with Gasteiger partial charge in [-0.3, -0.25) is 14.5 Å². The van der Waals surface area contributed by atoms with Crippen molar-refractivity contribution in [1.82, 2.24) is 4.90 Å². The molecule has 0 fully saturated rings. The van der Waals surface area contributed by atoms with Gasteiger partial charge in [0.25, 0.3) is 11.8 Å². The van der Waals surface area contributed by atoms with Crippen molar-refractivity contribution < 1.29 is 28.2 Å². The summed E-state index contributed by atoms with van der Waals surface area (Å²) in [6.45, 7) is 4.57. The number of hydrogen-bond donors (Lipinski definition) is 0. The topological polar surface area (TPSA) is 88.9 Å². The van der Waals surface area contributed by atoms with Gasteiger partial charge in [-0.25, -0.2) is 4.39 Å². The Morgan fingerprint density at radius 2 is 1.89 bits per heavy atom. The number of rotatable bonds is 10. The van der Waals surface area contributed by atoms with Crippen LogP contribution in [0.3, 0.4) is 0 Å². The minimum atomic E-state index is -0.599. The molecule has 0 atom stereocenters. The molecular formula is C27H27FN2O5. The second kappa shape index (κ2) is 12.0. The van der Waals surface area contributed by atoms with Crippen molar-refractivity contribution in [3.63, 3.8) is 0 Å². The number of imide groups is 1. The summed E-state index contributed by atoms with van der Waals surface area (Å²) in [7, 11) is 1.48. The van der Waals surface area contributed by atoms with Crippen molar-refractivity contribution in [3.8, 4) is 17.6 Å². The number of nitriles is 1. The fourth-order valence-corrected chi connectivity index (χ4v) is 3.63. The summed E-state index contributed by atoms with van der Waals surface area (Å²) in [5, 5.41) is 9.54. The lowest BCUT2D eigenvalue weighted by Gasteiger charge is -2.27. The summed E-state index contributed by atoms with van der Waals surface area (Å²) in [6, 6.07) is 13.3. The lowest BCUT2D eigenvalue weighted by molar-refractivity contribution is -0.140. The van der Waals surface area contributed by atoms with Crippen LogP contribution in [-0.2, 0) is 20.9 Å². The highest BCUT2D eigenvalue weighted by Crippen LogP contribution is 2.32. The first-order valence-electron chi connectivity index (χ1n) is 11.2. The van der Waals surface area contributed by atoms with Crippen LogP contribution in [0.5, 0.6) is 11.5 Å². The summed E-state index contributed by atoms with van der Waals surface area (Å²) < 4.78 is 30.4. The van der Waals surface area contributed by atoms with Crippen molar-refractivity contribution >= 4 is 17.9 Å². The van der Waals surface area contributed by atoms with E-state index in [9.17, 15) is 19.2 Å². The smallest absolute Gasteiger partial charge is 0.271 e. The van der Waals surface area contributed by atoms with E-state index in [-0.39, 0.29) is 30.1 Å². The molecule has 0 spiro atoms. The highest BCUT2D eigenvalue weighted by atomic mass is 19.1. The first-order valence-corrected chi connectivity index (χ1v) is 11.2. The molecule has 3 rings (SSSR count). The van der Waals surface area contributed by atoms with Gasteiger partial charge in [0, 0.05) is 30.9 Å². The third-order valence-corrected chi connectivity index (χ3v) is 5.54. The fraction of sp³-hybridized carbons (Fsp3) is 0.296. The molecule has 182 valence electrons.